The Morgan fingerprint density at radius 3 is 2.60 bits per heavy atom. The molecule has 0 aromatic heterocycles. The Kier molecular flexibility index (Phi) is 4.39. The van der Waals surface area contributed by atoms with E-state index in [2.05, 4.69) is 21.2 Å². The Bertz CT molecular complexity index is 638. The highest BCUT2D eigenvalue weighted by atomic mass is 79.9. The Morgan fingerprint density at radius 2 is 2.00 bits per heavy atom. The normalized spacial score (nSPS) is 10.3. The smallest absolute Gasteiger partial charge is 0.254 e. The van der Waals surface area contributed by atoms with Crippen molar-refractivity contribution in [2.24, 2.45) is 0 Å². The lowest BCUT2D eigenvalue weighted by molar-refractivity contribution is 0.0952. The van der Waals surface area contributed by atoms with Gasteiger partial charge in [-0.25, -0.2) is 4.39 Å². The third-order valence-electron chi connectivity index (χ3n) is 2.77. The zero-order chi connectivity index (χ0) is 14.7. The number of aromatic hydroxyl groups is 1. The maximum atomic E-state index is 14.0. The molecule has 0 bridgehead atoms. The van der Waals surface area contributed by atoms with Crippen LogP contribution in [0.1, 0.15) is 17.3 Å². The summed E-state index contributed by atoms with van der Waals surface area (Å²) in [5.41, 5.74) is 1.26. The second kappa shape index (κ2) is 6.05. The van der Waals surface area contributed by atoms with Gasteiger partial charge in [0.1, 0.15) is 11.6 Å². The van der Waals surface area contributed by atoms with E-state index in [0.717, 1.165) is 0 Å². The number of hydrogen-bond acceptors (Lipinski definition) is 2. The third-order valence-corrected chi connectivity index (χ3v) is 3.22. The predicted molar refractivity (Wildman–Crippen MR) is 79.2 cm³/mol. The monoisotopic (exact) mass is 337 g/mol. The minimum Gasteiger partial charge on any atom is -0.508 e. The lowest BCUT2D eigenvalue weighted by atomic mass is 10.0. The highest BCUT2D eigenvalue weighted by Crippen LogP contribution is 2.29. The van der Waals surface area contributed by atoms with Gasteiger partial charge in [0.25, 0.3) is 5.91 Å². The summed E-state index contributed by atoms with van der Waals surface area (Å²) in [5.74, 6) is -0.941. The van der Waals surface area contributed by atoms with E-state index in [1.807, 2.05) is 0 Å². The quantitative estimate of drug-likeness (QED) is 0.896. The van der Waals surface area contributed by atoms with Crippen LogP contribution in [0.5, 0.6) is 5.75 Å². The number of nitrogens with one attached hydrogen (secondary N) is 1. The van der Waals surface area contributed by atoms with Gasteiger partial charge in [0.05, 0.1) is 5.56 Å². The molecule has 2 aromatic rings. The molecule has 0 heterocycles. The summed E-state index contributed by atoms with van der Waals surface area (Å²) in [5, 5.41) is 12.1. The van der Waals surface area contributed by atoms with Crippen molar-refractivity contribution in [1.29, 1.82) is 0 Å². The summed E-state index contributed by atoms with van der Waals surface area (Å²) in [6, 6.07) is 9.21. The van der Waals surface area contributed by atoms with Crippen LogP contribution in [0.2, 0.25) is 0 Å². The highest BCUT2D eigenvalue weighted by Gasteiger charge is 2.12. The average Bonchev–Trinajstić information content (AvgIpc) is 2.37. The summed E-state index contributed by atoms with van der Waals surface area (Å²) >= 11 is 3.27. The molecule has 0 spiro atoms. The minimum absolute atomic E-state index is 0.00909. The van der Waals surface area contributed by atoms with Crippen LogP contribution in [0.4, 0.5) is 4.39 Å². The van der Waals surface area contributed by atoms with Gasteiger partial charge < -0.3 is 10.4 Å². The first kappa shape index (κ1) is 14.5. The molecule has 0 aliphatic carbocycles. The number of hydrogen-bond donors (Lipinski definition) is 2. The molecule has 2 N–H and O–H groups in total. The van der Waals surface area contributed by atoms with Crippen molar-refractivity contribution in [3.8, 4) is 16.9 Å². The van der Waals surface area contributed by atoms with Crippen LogP contribution in [0, 0.1) is 5.82 Å². The maximum absolute atomic E-state index is 14.0. The molecule has 104 valence electrons. The molecule has 0 aliphatic heterocycles. The van der Waals surface area contributed by atoms with E-state index >= 15 is 0 Å². The molecule has 0 saturated carbocycles. The van der Waals surface area contributed by atoms with Gasteiger partial charge in [-0.3, -0.25) is 4.79 Å². The molecule has 20 heavy (non-hydrogen) atoms. The zero-order valence-electron chi connectivity index (χ0n) is 10.8. The van der Waals surface area contributed by atoms with Crippen molar-refractivity contribution in [2.75, 3.05) is 6.54 Å². The Hall–Kier alpha value is -1.88. The largest absolute Gasteiger partial charge is 0.508 e. The Labute approximate surface area is 124 Å². The summed E-state index contributed by atoms with van der Waals surface area (Å²) in [7, 11) is 0. The summed E-state index contributed by atoms with van der Waals surface area (Å²) < 4.78 is 14.7. The van der Waals surface area contributed by atoms with Crippen LogP contribution in [-0.4, -0.2) is 17.6 Å². The van der Waals surface area contributed by atoms with Gasteiger partial charge in [0.2, 0.25) is 0 Å². The lowest BCUT2D eigenvalue weighted by Crippen LogP contribution is -2.23. The fraction of sp³-hybridized carbons (Fsp3) is 0.133. The van der Waals surface area contributed by atoms with Gasteiger partial charge >= 0.3 is 0 Å². The Balaban J connectivity index is 2.40. The van der Waals surface area contributed by atoms with Gasteiger partial charge in [-0.2, -0.15) is 0 Å². The van der Waals surface area contributed by atoms with E-state index in [0.29, 0.717) is 22.1 Å². The van der Waals surface area contributed by atoms with Crippen molar-refractivity contribution >= 4 is 21.8 Å². The van der Waals surface area contributed by atoms with Gasteiger partial charge in [0, 0.05) is 11.0 Å². The lowest BCUT2D eigenvalue weighted by Gasteiger charge is -2.07. The molecule has 1 amide bonds. The number of phenolic OH excluding ortho intramolecular Hbond substituents is 1. The molecule has 0 saturated heterocycles. The molecule has 0 radical (unpaired) electrons. The van der Waals surface area contributed by atoms with Gasteiger partial charge in [-0.1, -0.05) is 22.0 Å². The first-order chi connectivity index (χ1) is 9.51. The third kappa shape index (κ3) is 3.17. The first-order valence-corrected chi connectivity index (χ1v) is 6.88. The van der Waals surface area contributed by atoms with E-state index < -0.39 is 11.7 Å². The van der Waals surface area contributed by atoms with E-state index in [9.17, 15) is 14.3 Å². The number of benzene rings is 2. The van der Waals surface area contributed by atoms with Crippen LogP contribution in [0.25, 0.3) is 11.1 Å². The van der Waals surface area contributed by atoms with E-state index in [1.54, 1.807) is 25.1 Å². The molecule has 0 aliphatic rings. The number of amides is 1. The van der Waals surface area contributed by atoms with Crippen LogP contribution >= 0.6 is 15.9 Å². The fourth-order valence-corrected chi connectivity index (χ4v) is 2.36. The van der Waals surface area contributed by atoms with E-state index in [1.165, 1.54) is 18.2 Å². The summed E-state index contributed by atoms with van der Waals surface area (Å²) in [6.45, 7) is 2.22. The average molecular weight is 338 g/mol. The summed E-state index contributed by atoms with van der Waals surface area (Å²) in [6.07, 6.45) is 0. The number of rotatable bonds is 3. The fourth-order valence-electron chi connectivity index (χ4n) is 1.88. The molecular weight excluding hydrogens is 325 g/mol. The van der Waals surface area contributed by atoms with E-state index in [-0.39, 0.29) is 11.3 Å². The van der Waals surface area contributed by atoms with Crippen LogP contribution < -0.4 is 5.32 Å². The molecule has 2 aromatic carbocycles. The van der Waals surface area contributed by atoms with Gasteiger partial charge in [-0.15, -0.1) is 0 Å². The second-order valence-corrected chi connectivity index (χ2v) is 5.17. The SMILES string of the molecule is CCNC(=O)c1ccc(-c2cc(O)cc(Br)c2)cc1F. The van der Waals surface area contributed by atoms with Crippen LogP contribution in [0.15, 0.2) is 40.9 Å². The van der Waals surface area contributed by atoms with Crippen LogP contribution in [0.3, 0.4) is 0 Å². The number of phenols is 1. The first-order valence-electron chi connectivity index (χ1n) is 6.09. The molecule has 5 heteroatoms. The van der Waals surface area contributed by atoms with Crippen molar-refractivity contribution < 1.29 is 14.3 Å². The van der Waals surface area contributed by atoms with Crippen LogP contribution in [-0.2, 0) is 0 Å². The van der Waals surface area contributed by atoms with Crippen molar-refractivity contribution in [2.45, 2.75) is 6.92 Å². The second-order valence-electron chi connectivity index (χ2n) is 4.25. The number of carbonyl (C=O) groups excluding carboxylic acids is 1. The van der Waals surface area contributed by atoms with Crippen molar-refractivity contribution in [1.82, 2.24) is 5.32 Å². The standard InChI is InChI=1S/C15H13BrFNO2/c1-2-18-15(20)13-4-3-9(7-14(13)17)10-5-11(16)8-12(19)6-10/h3-8,19H,2H2,1H3,(H,18,20). The Morgan fingerprint density at radius 1 is 1.25 bits per heavy atom. The van der Waals surface area contributed by atoms with E-state index in [4.69, 9.17) is 0 Å². The molecule has 2 rings (SSSR count). The zero-order valence-corrected chi connectivity index (χ0v) is 12.4. The minimum atomic E-state index is -0.590. The van der Waals surface area contributed by atoms with Gasteiger partial charge in [-0.05, 0) is 48.4 Å². The topological polar surface area (TPSA) is 49.3 Å². The summed E-state index contributed by atoms with van der Waals surface area (Å²) in [4.78, 5) is 11.6. The molecule has 0 atom stereocenters. The van der Waals surface area contributed by atoms with Gasteiger partial charge in [0.15, 0.2) is 0 Å². The number of carbonyl (C=O) groups is 1. The molecule has 0 fully saturated rings. The van der Waals surface area contributed by atoms with Crippen molar-refractivity contribution in [3.63, 3.8) is 0 Å². The van der Waals surface area contributed by atoms with Crippen molar-refractivity contribution in [3.05, 3.63) is 52.3 Å². The highest BCUT2D eigenvalue weighted by molar-refractivity contribution is 9.10. The predicted octanol–water partition coefficient (Wildman–Crippen LogP) is 3.71. The molecule has 3 nitrogen and oxygen atoms in total. The number of halogens is 2. The molecule has 0 unspecified atom stereocenters. The maximum Gasteiger partial charge on any atom is 0.254 e. The molecular formula is C15H13BrFNO2.